The van der Waals surface area contributed by atoms with E-state index in [0.29, 0.717) is 37.8 Å². The summed E-state index contributed by atoms with van der Waals surface area (Å²) in [4.78, 5) is 26.8. The highest BCUT2D eigenvalue weighted by atomic mass is 35.5. The van der Waals surface area contributed by atoms with Crippen LogP contribution < -0.4 is 11.1 Å². The maximum Gasteiger partial charge on any atom is 0.223 e. The summed E-state index contributed by atoms with van der Waals surface area (Å²) in [5.41, 5.74) is 6.88. The molecule has 3 N–H and O–H groups in total. The predicted molar refractivity (Wildman–Crippen MR) is 119 cm³/mol. The van der Waals surface area contributed by atoms with E-state index in [1.807, 2.05) is 4.90 Å². The minimum absolute atomic E-state index is 0. The molecular formula is C23H36ClN3O2. The summed E-state index contributed by atoms with van der Waals surface area (Å²) < 4.78 is 0. The van der Waals surface area contributed by atoms with Crippen LogP contribution in [0.3, 0.4) is 0 Å². The third kappa shape index (κ3) is 7.00. The highest BCUT2D eigenvalue weighted by Gasteiger charge is 2.30. The van der Waals surface area contributed by atoms with Crippen LogP contribution in [-0.2, 0) is 9.59 Å². The molecule has 0 bridgehead atoms. The van der Waals surface area contributed by atoms with E-state index in [1.165, 1.54) is 18.4 Å². The Morgan fingerprint density at radius 3 is 2.45 bits per heavy atom. The number of piperidine rings is 1. The fourth-order valence-electron chi connectivity index (χ4n) is 4.78. The van der Waals surface area contributed by atoms with E-state index in [1.54, 1.807) is 0 Å². The summed E-state index contributed by atoms with van der Waals surface area (Å²) in [6.07, 6.45) is 8.83. The third-order valence-electron chi connectivity index (χ3n) is 6.43. The van der Waals surface area contributed by atoms with Crippen molar-refractivity contribution in [2.75, 3.05) is 19.6 Å². The van der Waals surface area contributed by atoms with Crippen LogP contribution >= 0.6 is 12.4 Å². The zero-order valence-electron chi connectivity index (χ0n) is 17.4. The van der Waals surface area contributed by atoms with Gasteiger partial charge in [-0.05, 0) is 62.3 Å². The molecule has 1 aromatic rings. The molecule has 29 heavy (non-hydrogen) atoms. The van der Waals surface area contributed by atoms with Crippen LogP contribution in [0.5, 0.6) is 0 Å². The molecule has 162 valence electrons. The number of benzene rings is 1. The topological polar surface area (TPSA) is 75.4 Å². The maximum atomic E-state index is 13.0. The average molecular weight is 422 g/mol. The summed E-state index contributed by atoms with van der Waals surface area (Å²) in [5, 5.41) is 2.95. The molecule has 0 radical (unpaired) electrons. The molecule has 0 spiro atoms. The Bertz CT molecular complexity index is 632. The lowest BCUT2D eigenvalue weighted by Gasteiger charge is -2.37. The van der Waals surface area contributed by atoms with Gasteiger partial charge in [-0.2, -0.15) is 0 Å². The summed E-state index contributed by atoms with van der Waals surface area (Å²) >= 11 is 0. The van der Waals surface area contributed by atoms with Crippen LogP contribution in [0.2, 0.25) is 0 Å². The average Bonchev–Trinajstić information content (AvgIpc) is 2.74. The zero-order valence-corrected chi connectivity index (χ0v) is 18.2. The minimum atomic E-state index is -0.0142. The van der Waals surface area contributed by atoms with E-state index in [9.17, 15) is 9.59 Å². The number of nitrogens with zero attached hydrogens (tertiary/aromatic N) is 1. The summed E-state index contributed by atoms with van der Waals surface area (Å²) in [6, 6.07) is 10.9. The number of amides is 2. The number of carbonyl (C=O) groups is 2. The summed E-state index contributed by atoms with van der Waals surface area (Å²) in [7, 11) is 0. The molecule has 0 aromatic heterocycles. The first-order valence-corrected chi connectivity index (χ1v) is 11.0. The molecule has 1 saturated heterocycles. The Hall–Kier alpha value is -1.59. The Labute approximate surface area is 181 Å². The standard InChI is InChI=1S/C23H35N3O2.ClH/c24-14-13-22(27)25-17-21-8-4-5-15-26(21)23(28)16-18-9-11-20(12-10-18)19-6-2-1-3-7-19;/h1-3,6-7,18,20-21H,4-5,8-17,24H2,(H,25,27);1H. The lowest BCUT2D eigenvalue weighted by atomic mass is 9.77. The van der Waals surface area contributed by atoms with Gasteiger partial charge in [0, 0.05) is 38.5 Å². The molecule has 1 saturated carbocycles. The molecule has 2 fully saturated rings. The highest BCUT2D eigenvalue weighted by molar-refractivity contribution is 5.85. The summed E-state index contributed by atoms with van der Waals surface area (Å²) in [5.74, 6) is 1.41. The molecule has 5 nitrogen and oxygen atoms in total. The molecule has 6 heteroatoms. The molecule has 2 aliphatic rings. The van der Waals surface area contributed by atoms with Gasteiger partial charge in [0.15, 0.2) is 0 Å². The van der Waals surface area contributed by atoms with E-state index in [4.69, 9.17) is 5.73 Å². The third-order valence-corrected chi connectivity index (χ3v) is 6.43. The fourth-order valence-corrected chi connectivity index (χ4v) is 4.78. The van der Waals surface area contributed by atoms with Crippen LogP contribution in [0.1, 0.15) is 69.3 Å². The van der Waals surface area contributed by atoms with Crippen molar-refractivity contribution in [3.63, 3.8) is 0 Å². The van der Waals surface area contributed by atoms with Crippen molar-refractivity contribution in [2.45, 2.75) is 69.7 Å². The predicted octanol–water partition coefficient (Wildman–Crippen LogP) is 3.62. The molecule has 1 atom stereocenters. The van der Waals surface area contributed by atoms with Gasteiger partial charge in [-0.3, -0.25) is 9.59 Å². The number of nitrogens with one attached hydrogen (secondary N) is 1. The van der Waals surface area contributed by atoms with Crippen molar-refractivity contribution >= 4 is 24.2 Å². The SMILES string of the molecule is Cl.NCCC(=O)NCC1CCCCN1C(=O)CC1CCC(c2ccccc2)CC1. The highest BCUT2D eigenvalue weighted by Crippen LogP contribution is 2.37. The van der Waals surface area contributed by atoms with Crippen molar-refractivity contribution in [1.29, 1.82) is 0 Å². The van der Waals surface area contributed by atoms with Gasteiger partial charge in [0.05, 0.1) is 0 Å². The van der Waals surface area contributed by atoms with Gasteiger partial charge in [0.1, 0.15) is 0 Å². The first-order chi connectivity index (χ1) is 13.7. The van der Waals surface area contributed by atoms with Crippen molar-refractivity contribution in [2.24, 2.45) is 11.7 Å². The Balaban J connectivity index is 0.00000300. The first kappa shape index (κ1) is 23.7. The second kappa shape index (κ2) is 12.2. The maximum absolute atomic E-state index is 13.0. The summed E-state index contributed by atoms with van der Waals surface area (Å²) in [6.45, 7) is 1.76. The first-order valence-electron chi connectivity index (χ1n) is 11.0. The van der Waals surface area contributed by atoms with E-state index >= 15 is 0 Å². The van der Waals surface area contributed by atoms with E-state index < -0.39 is 0 Å². The van der Waals surface area contributed by atoms with E-state index in [2.05, 4.69) is 35.6 Å². The van der Waals surface area contributed by atoms with Crippen molar-refractivity contribution < 1.29 is 9.59 Å². The zero-order chi connectivity index (χ0) is 19.8. The van der Waals surface area contributed by atoms with Gasteiger partial charge in [-0.25, -0.2) is 0 Å². The molecule has 1 aliphatic carbocycles. The van der Waals surface area contributed by atoms with Gasteiger partial charge in [-0.15, -0.1) is 12.4 Å². The van der Waals surface area contributed by atoms with Crippen LogP contribution in [-0.4, -0.2) is 42.4 Å². The second-order valence-electron chi connectivity index (χ2n) is 8.41. The molecule has 1 aromatic carbocycles. The monoisotopic (exact) mass is 421 g/mol. The van der Waals surface area contributed by atoms with Gasteiger partial charge in [0.25, 0.3) is 0 Å². The molecule has 1 unspecified atom stereocenters. The van der Waals surface area contributed by atoms with Gasteiger partial charge in [0.2, 0.25) is 11.8 Å². The van der Waals surface area contributed by atoms with Gasteiger partial charge in [-0.1, -0.05) is 30.3 Å². The Kier molecular flexibility index (Phi) is 9.95. The van der Waals surface area contributed by atoms with Crippen molar-refractivity contribution in [3.05, 3.63) is 35.9 Å². The molecule has 3 rings (SSSR count). The number of nitrogens with two attached hydrogens (primary N) is 1. The largest absolute Gasteiger partial charge is 0.354 e. The van der Waals surface area contributed by atoms with Gasteiger partial charge >= 0.3 is 0 Å². The Morgan fingerprint density at radius 1 is 1.03 bits per heavy atom. The van der Waals surface area contributed by atoms with E-state index in [0.717, 1.165) is 38.6 Å². The van der Waals surface area contributed by atoms with Crippen molar-refractivity contribution in [1.82, 2.24) is 10.2 Å². The number of likely N-dealkylation sites (tertiary alicyclic amines) is 1. The lowest BCUT2D eigenvalue weighted by Crippen LogP contribution is -2.50. The lowest BCUT2D eigenvalue weighted by molar-refractivity contribution is -0.136. The van der Waals surface area contributed by atoms with Crippen LogP contribution in [0.15, 0.2) is 30.3 Å². The number of halogens is 1. The quantitative estimate of drug-likeness (QED) is 0.705. The van der Waals surface area contributed by atoms with Crippen LogP contribution in [0.25, 0.3) is 0 Å². The number of carbonyl (C=O) groups excluding carboxylic acids is 2. The normalized spacial score (nSPS) is 24.4. The minimum Gasteiger partial charge on any atom is -0.354 e. The smallest absolute Gasteiger partial charge is 0.223 e. The molecule has 1 aliphatic heterocycles. The van der Waals surface area contributed by atoms with E-state index in [-0.39, 0.29) is 30.3 Å². The molecule has 1 heterocycles. The molecular weight excluding hydrogens is 386 g/mol. The Morgan fingerprint density at radius 2 is 1.76 bits per heavy atom. The van der Waals surface area contributed by atoms with Crippen molar-refractivity contribution in [3.8, 4) is 0 Å². The molecule has 2 amide bonds. The number of rotatable bonds is 7. The number of hydrogen-bond acceptors (Lipinski definition) is 3. The fraction of sp³-hybridized carbons (Fsp3) is 0.652. The van der Waals surface area contributed by atoms with Gasteiger partial charge < -0.3 is 16.0 Å². The van der Waals surface area contributed by atoms with Crippen LogP contribution in [0, 0.1) is 5.92 Å². The van der Waals surface area contributed by atoms with Crippen LogP contribution in [0.4, 0.5) is 0 Å². The number of hydrogen-bond donors (Lipinski definition) is 2. The second-order valence-corrected chi connectivity index (χ2v) is 8.41.